The molecule has 0 bridgehead atoms. The molecule has 0 amide bonds. The number of fused-ring (bicyclic) bond motifs is 1. The smallest absolute Gasteiger partial charge is 0.225 e. The fourth-order valence-electron chi connectivity index (χ4n) is 1.70. The van der Waals surface area contributed by atoms with E-state index in [1.807, 2.05) is 12.4 Å². The van der Waals surface area contributed by atoms with Crippen LogP contribution in [0.3, 0.4) is 0 Å². The van der Waals surface area contributed by atoms with Crippen LogP contribution >= 0.6 is 11.3 Å². The highest BCUT2D eigenvalue weighted by Gasteiger charge is 2.07. The zero-order valence-corrected chi connectivity index (χ0v) is 11.8. The van der Waals surface area contributed by atoms with E-state index in [9.17, 15) is 0 Å². The number of thiophene rings is 1. The molecule has 18 heavy (non-hydrogen) atoms. The van der Waals surface area contributed by atoms with Crippen LogP contribution in [0.1, 0.15) is 6.42 Å². The molecule has 0 aliphatic heterocycles. The van der Waals surface area contributed by atoms with Crippen molar-refractivity contribution in [3.63, 3.8) is 0 Å². The summed E-state index contributed by atoms with van der Waals surface area (Å²) in [5.41, 5.74) is 0. The first-order valence-electron chi connectivity index (χ1n) is 6.02. The molecule has 0 aromatic carbocycles. The van der Waals surface area contributed by atoms with Crippen LogP contribution in [0.2, 0.25) is 0 Å². The minimum absolute atomic E-state index is 0.667. The lowest BCUT2D eigenvalue weighted by atomic mass is 10.3. The third-order valence-electron chi connectivity index (χ3n) is 2.62. The van der Waals surface area contributed by atoms with Crippen molar-refractivity contribution in [2.45, 2.75) is 6.42 Å². The maximum Gasteiger partial charge on any atom is 0.225 e. The van der Waals surface area contributed by atoms with Gasteiger partial charge in [0.25, 0.3) is 0 Å². The predicted octanol–water partition coefficient (Wildman–Crippen LogP) is 2.10. The molecule has 5 nitrogen and oxygen atoms in total. The van der Waals surface area contributed by atoms with Crippen LogP contribution in [-0.2, 0) is 0 Å². The minimum atomic E-state index is 0.667. The van der Waals surface area contributed by atoms with Gasteiger partial charge in [0.2, 0.25) is 5.95 Å². The summed E-state index contributed by atoms with van der Waals surface area (Å²) in [4.78, 5) is 12.1. The molecule has 0 atom stereocenters. The van der Waals surface area contributed by atoms with Crippen LogP contribution < -0.4 is 10.6 Å². The van der Waals surface area contributed by atoms with E-state index in [-0.39, 0.29) is 0 Å². The van der Waals surface area contributed by atoms with Crippen molar-refractivity contribution in [2.24, 2.45) is 0 Å². The Morgan fingerprint density at radius 3 is 2.89 bits per heavy atom. The zero-order valence-electron chi connectivity index (χ0n) is 11.0. The van der Waals surface area contributed by atoms with Gasteiger partial charge in [0.1, 0.15) is 10.6 Å². The van der Waals surface area contributed by atoms with E-state index in [0.717, 1.165) is 35.5 Å². The molecule has 0 saturated heterocycles. The van der Waals surface area contributed by atoms with Crippen molar-refractivity contribution in [2.75, 3.05) is 44.9 Å². The number of hydrogen-bond donors (Lipinski definition) is 2. The molecular formula is C12H19N5S. The van der Waals surface area contributed by atoms with Crippen molar-refractivity contribution >= 4 is 33.3 Å². The quantitative estimate of drug-likeness (QED) is 0.783. The van der Waals surface area contributed by atoms with Gasteiger partial charge in [-0.3, -0.25) is 0 Å². The molecule has 0 radical (unpaired) electrons. The van der Waals surface area contributed by atoms with Gasteiger partial charge in [-0.25, -0.2) is 4.98 Å². The molecule has 2 rings (SSSR count). The van der Waals surface area contributed by atoms with E-state index >= 15 is 0 Å². The lowest BCUT2D eigenvalue weighted by Crippen LogP contribution is -2.16. The molecule has 2 N–H and O–H groups in total. The fourth-order valence-corrected chi connectivity index (χ4v) is 2.47. The second-order valence-corrected chi connectivity index (χ2v) is 5.26. The van der Waals surface area contributed by atoms with Crippen LogP contribution in [0, 0.1) is 0 Å². The molecule has 2 aromatic rings. The van der Waals surface area contributed by atoms with E-state index < -0.39 is 0 Å². The summed E-state index contributed by atoms with van der Waals surface area (Å²) in [6.07, 6.45) is 1.09. The van der Waals surface area contributed by atoms with Crippen molar-refractivity contribution in [3.05, 3.63) is 11.4 Å². The van der Waals surface area contributed by atoms with Gasteiger partial charge in [-0.1, -0.05) is 0 Å². The third kappa shape index (κ3) is 3.08. The Morgan fingerprint density at radius 2 is 2.17 bits per heavy atom. The molecule has 2 aromatic heterocycles. The Morgan fingerprint density at radius 1 is 1.33 bits per heavy atom. The van der Waals surface area contributed by atoms with Crippen LogP contribution in [0.5, 0.6) is 0 Å². The third-order valence-corrected chi connectivity index (χ3v) is 3.43. The summed E-state index contributed by atoms with van der Waals surface area (Å²) in [5, 5.41) is 9.53. The number of anilines is 2. The van der Waals surface area contributed by atoms with Gasteiger partial charge < -0.3 is 15.5 Å². The van der Waals surface area contributed by atoms with E-state index in [4.69, 9.17) is 0 Å². The summed E-state index contributed by atoms with van der Waals surface area (Å²) < 4.78 is 0. The number of nitrogens with one attached hydrogen (secondary N) is 2. The minimum Gasteiger partial charge on any atom is -0.369 e. The van der Waals surface area contributed by atoms with E-state index in [1.165, 1.54) is 0 Å². The summed E-state index contributed by atoms with van der Waals surface area (Å²) >= 11 is 1.64. The Hall–Kier alpha value is -1.40. The molecular weight excluding hydrogens is 246 g/mol. The molecule has 2 heterocycles. The first-order valence-corrected chi connectivity index (χ1v) is 6.90. The number of rotatable bonds is 6. The fraction of sp³-hybridized carbons (Fsp3) is 0.500. The number of aromatic nitrogens is 2. The van der Waals surface area contributed by atoms with Crippen molar-refractivity contribution in [1.29, 1.82) is 0 Å². The van der Waals surface area contributed by atoms with Gasteiger partial charge in [-0.05, 0) is 38.5 Å². The van der Waals surface area contributed by atoms with Crippen LogP contribution in [-0.4, -0.2) is 49.1 Å². The van der Waals surface area contributed by atoms with Gasteiger partial charge >= 0.3 is 0 Å². The lowest BCUT2D eigenvalue weighted by molar-refractivity contribution is 0.405. The van der Waals surface area contributed by atoms with Crippen molar-refractivity contribution in [3.8, 4) is 0 Å². The van der Waals surface area contributed by atoms with Crippen LogP contribution in [0.15, 0.2) is 11.4 Å². The van der Waals surface area contributed by atoms with Gasteiger partial charge in [-0.2, -0.15) is 4.98 Å². The Balaban J connectivity index is 2.08. The molecule has 98 valence electrons. The van der Waals surface area contributed by atoms with Gasteiger partial charge in [0.15, 0.2) is 0 Å². The summed E-state index contributed by atoms with van der Waals surface area (Å²) in [7, 11) is 6.01. The molecule has 0 saturated carbocycles. The predicted molar refractivity (Wildman–Crippen MR) is 78.6 cm³/mol. The number of nitrogens with zero attached hydrogens (tertiary/aromatic N) is 3. The average molecular weight is 265 g/mol. The standard InChI is InChI=1S/C12H19N5S/c1-13-12-15-10(14-6-4-7-17(2)3)9-5-8-18-11(9)16-12/h5,8H,4,6-7H2,1-3H3,(H2,13,14,15,16). The highest BCUT2D eigenvalue weighted by atomic mass is 32.1. The maximum absolute atomic E-state index is 4.47. The lowest BCUT2D eigenvalue weighted by Gasteiger charge is -2.11. The Labute approximate surface area is 111 Å². The molecule has 0 unspecified atom stereocenters. The maximum atomic E-state index is 4.47. The Bertz CT molecular complexity index is 508. The SMILES string of the molecule is CNc1nc(NCCCN(C)C)c2ccsc2n1. The van der Waals surface area contributed by atoms with Crippen LogP contribution in [0.4, 0.5) is 11.8 Å². The highest BCUT2D eigenvalue weighted by molar-refractivity contribution is 7.16. The van der Waals surface area contributed by atoms with Gasteiger partial charge in [0.05, 0.1) is 5.39 Å². The van der Waals surface area contributed by atoms with Crippen molar-refractivity contribution < 1.29 is 0 Å². The topological polar surface area (TPSA) is 53.1 Å². The van der Waals surface area contributed by atoms with E-state index in [0.29, 0.717) is 5.95 Å². The first-order chi connectivity index (χ1) is 8.70. The number of hydrogen-bond acceptors (Lipinski definition) is 6. The summed E-state index contributed by atoms with van der Waals surface area (Å²) in [6, 6.07) is 2.06. The second-order valence-electron chi connectivity index (χ2n) is 4.37. The molecule has 0 spiro atoms. The van der Waals surface area contributed by atoms with Crippen LogP contribution in [0.25, 0.3) is 10.2 Å². The molecule has 0 aliphatic carbocycles. The largest absolute Gasteiger partial charge is 0.369 e. The molecule has 0 aliphatic rings. The average Bonchev–Trinajstić information content (AvgIpc) is 2.82. The monoisotopic (exact) mass is 265 g/mol. The van der Waals surface area contributed by atoms with E-state index in [2.05, 4.69) is 45.7 Å². The molecule has 0 fully saturated rings. The first kappa shape index (κ1) is 13.0. The van der Waals surface area contributed by atoms with Crippen molar-refractivity contribution in [1.82, 2.24) is 14.9 Å². The van der Waals surface area contributed by atoms with Gasteiger partial charge in [0, 0.05) is 13.6 Å². The van der Waals surface area contributed by atoms with E-state index in [1.54, 1.807) is 11.3 Å². The Kier molecular flexibility index (Phi) is 4.33. The van der Waals surface area contributed by atoms with Gasteiger partial charge in [-0.15, -0.1) is 11.3 Å². The summed E-state index contributed by atoms with van der Waals surface area (Å²) in [5.74, 6) is 1.59. The summed E-state index contributed by atoms with van der Waals surface area (Å²) in [6.45, 7) is 1.99. The molecule has 6 heteroatoms. The second kappa shape index (κ2) is 5.97. The highest BCUT2D eigenvalue weighted by Crippen LogP contribution is 2.26. The normalized spacial score (nSPS) is 11.1. The zero-order chi connectivity index (χ0) is 13.0.